The Morgan fingerprint density at radius 3 is 2.71 bits per heavy atom. The van der Waals surface area contributed by atoms with E-state index in [4.69, 9.17) is 11.6 Å². The van der Waals surface area contributed by atoms with E-state index >= 15 is 0 Å². The monoisotopic (exact) mass is 306 g/mol. The van der Waals surface area contributed by atoms with Gasteiger partial charge in [-0.25, -0.2) is 4.39 Å². The molecule has 0 aliphatic rings. The van der Waals surface area contributed by atoms with Gasteiger partial charge in [0.25, 0.3) is 5.91 Å². The molecule has 3 nitrogen and oxygen atoms in total. The highest BCUT2D eigenvalue weighted by molar-refractivity contribution is 6.33. The number of carbonyl (C=O) groups is 1. The lowest BCUT2D eigenvalue weighted by atomic mass is 10.0. The standard InChI is InChI=1S/C16H16ClFN2O/c1-19-9-8-11-4-2-3-5-13(11)16(21)20-15-7-6-12(18)10-14(15)17/h2-7,10,19H,8-9H2,1H3,(H,20,21). The van der Waals surface area contributed by atoms with Gasteiger partial charge in [-0.1, -0.05) is 29.8 Å². The summed E-state index contributed by atoms with van der Waals surface area (Å²) in [7, 11) is 1.86. The average Bonchev–Trinajstić information content (AvgIpc) is 2.48. The Kier molecular flexibility index (Phi) is 5.31. The third kappa shape index (κ3) is 4.03. The number of halogens is 2. The van der Waals surface area contributed by atoms with Gasteiger partial charge in [-0.15, -0.1) is 0 Å². The molecule has 0 saturated carbocycles. The van der Waals surface area contributed by atoms with Crippen molar-refractivity contribution in [1.29, 1.82) is 0 Å². The normalized spacial score (nSPS) is 10.4. The van der Waals surface area contributed by atoms with E-state index < -0.39 is 5.82 Å². The van der Waals surface area contributed by atoms with Crippen LogP contribution in [0.5, 0.6) is 0 Å². The fraction of sp³-hybridized carbons (Fsp3) is 0.188. The molecule has 110 valence electrons. The molecule has 0 fully saturated rings. The summed E-state index contributed by atoms with van der Waals surface area (Å²) in [5, 5.41) is 5.94. The highest BCUT2D eigenvalue weighted by Gasteiger charge is 2.12. The summed E-state index contributed by atoms with van der Waals surface area (Å²) in [4.78, 5) is 12.4. The fourth-order valence-electron chi connectivity index (χ4n) is 2.00. The molecule has 0 heterocycles. The first-order valence-electron chi connectivity index (χ1n) is 6.60. The molecule has 2 aromatic rings. The van der Waals surface area contributed by atoms with Crippen LogP contribution in [-0.4, -0.2) is 19.5 Å². The van der Waals surface area contributed by atoms with Gasteiger partial charge in [0.05, 0.1) is 10.7 Å². The number of rotatable bonds is 5. The molecule has 0 radical (unpaired) electrons. The smallest absolute Gasteiger partial charge is 0.255 e. The van der Waals surface area contributed by atoms with Crippen LogP contribution in [0.2, 0.25) is 5.02 Å². The van der Waals surface area contributed by atoms with E-state index in [1.165, 1.54) is 18.2 Å². The lowest BCUT2D eigenvalue weighted by Gasteiger charge is -2.11. The minimum atomic E-state index is -0.438. The minimum Gasteiger partial charge on any atom is -0.321 e. The van der Waals surface area contributed by atoms with E-state index in [2.05, 4.69) is 10.6 Å². The number of hydrogen-bond acceptors (Lipinski definition) is 2. The minimum absolute atomic E-state index is 0.177. The number of amides is 1. The molecule has 0 saturated heterocycles. The summed E-state index contributed by atoms with van der Waals surface area (Å²) >= 11 is 5.92. The van der Waals surface area contributed by atoms with Gasteiger partial charge in [-0.2, -0.15) is 0 Å². The maximum absolute atomic E-state index is 13.0. The molecule has 21 heavy (non-hydrogen) atoms. The van der Waals surface area contributed by atoms with Gasteiger partial charge < -0.3 is 10.6 Å². The zero-order valence-corrected chi connectivity index (χ0v) is 12.4. The Balaban J connectivity index is 2.20. The molecule has 0 unspecified atom stereocenters. The van der Waals surface area contributed by atoms with E-state index in [1.54, 1.807) is 6.07 Å². The zero-order chi connectivity index (χ0) is 15.2. The van der Waals surface area contributed by atoms with Crippen molar-refractivity contribution < 1.29 is 9.18 Å². The van der Waals surface area contributed by atoms with Crippen LogP contribution >= 0.6 is 11.6 Å². The Hall–Kier alpha value is -1.91. The second-order valence-electron chi connectivity index (χ2n) is 4.59. The summed E-state index contributed by atoms with van der Waals surface area (Å²) in [6, 6.07) is 11.3. The topological polar surface area (TPSA) is 41.1 Å². The van der Waals surface area contributed by atoms with Crippen molar-refractivity contribution in [2.75, 3.05) is 18.9 Å². The Labute approximate surface area is 128 Å². The summed E-state index contributed by atoms with van der Waals surface area (Å²) in [6.07, 6.45) is 0.747. The maximum Gasteiger partial charge on any atom is 0.255 e. The predicted molar refractivity (Wildman–Crippen MR) is 83.4 cm³/mol. The molecule has 0 aromatic heterocycles. The first kappa shape index (κ1) is 15.5. The number of anilines is 1. The lowest BCUT2D eigenvalue weighted by Crippen LogP contribution is -2.17. The maximum atomic E-state index is 13.0. The van der Waals surface area contributed by atoms with Gasteiger partial charge in [0.15, 0.2) is 0 Å². The van der Waals surface area contributed by atoms with Crippen LogP contribution in [0, 0.1) is 5.82 Å². The van der Waals surface area contributed by atoms with Crippen molar-refractivity contribution in [3.05, 3.63) is 64.4 Å². The van der Waals surface area contributed by atoms with Gasteiger partial charge in [-0.05, 0) is 49.8 Å². The van der Waals surface area contributed by atoms with Crippen molar-refractivity contribution in [1.82, 2.24) is 5.32 Å². The predicted octanol–water partition coefficient (Wildman–Crippen LogP) is 3.49. The highest BCUT2D eigenvalue weighted by atomic mass is 35.5. The van der Waals surface area contributed by atoms with Crippen LogP contribution in [0.4, 0.5) is 10.1 Å². The van der Waals surface area contributed by atoms with Crippen LogP contribution in [0.15, 0.2) is 42.5 Å². The summed E-state index contributed by atoms with van der Waals surface area (Å²) in [5.74, 6) is -0.692. The van der Waals surface area contributed by atoms with Crippen LogP contribution in [0.3, 0.4) is 0 Å². The van der Waals surface area contributed by atoms with Crippen LogP contribution in [-0.2, 0) is 6.42 Å². The zero-order valence-electron chi connectivity index (χ0n) is 11.6. The first-order chi connectivity index (χ1) is 10.1. The molecule has 0 aliphatic heterocycles. The Bertz CT molecular complexity index is 646. The molecular weight excluding hydrogens is 291 g/mol. The summed E-state index contributed by atoms with van der Waals surface area (Å²) < 4.78 is 13.0. The molecule has 0 spiro atoms. The molecule has 0 bridgehead atoms. The first-order valence-corrected chi connectivity index (χ1v) is 6.98. The van der Waals surface area contributed by atoms with Crippen molar-refractivity contribution >= 4 is 23.2 Å². The van der Waals surface area contributed by atoms with Crippen LogP contribution < -0.4 is 10.6 Å². The Morgan fingerprint density at radius 1 is 1.24 bits per heavy atom. The molecule has 0 atom stereocenters. The third-order valence-electron chi connectivity index (χ3n) is 3.09. The number of carbonyl (C=O) groups excluding carboxylic acids is 1. The largest absolute Gasteiger partial charge is 0.321 e. The fourth-order valence-corrected chi connectivity index (χ4v) is 2.21. The number of likely N-dealkylation sites (N-methyl/N-ethyl adjacent to an activating group) is 1. The molecule has 0 aliphatic carbocycles. The molecular formula is C16H16ClFN2O. The quantitative estimate of drug-likeness (QED) is 0.888. The number of nitrogens with one attached hydrogen (secondary N) is 2. The van der Waals surface area contributed by atoms with E-state index in [0.29, 0.717) is 11.3 Å². The molecule has 2 aromatic carbocycles. The van der Waals surface area contributed by atoms with Crippen LogP contribution in [0.25, 0.3) is 0 Å². The van der Waals surface area contributed by atoms with Crippen molar-refractivity contribution in [3.63, 3.8) is 0 Å². The molecule has 2 N–H and O–H groups in total. The third-order valence-corrected chi connectivity index (χ3v) is 3.40. The summed E-state index contributed by atoms with van der Waals surface area (Å²) in [6.45, 7) is 0.779. The average molecular weight is 307 g/mol. The van der Waals surface area contributed by atoms with Gasteiger partial charge >= 0.3 is 0 Å². The second-order valence-corrected chi connectivity index (χ2v) is 5.00. The summed E-state index contributed by atoms with van der Waals surface area (Å²) in [5.41, 5.74) is 1.93. The van der Waals surface area contributed by atoms with Gasteiger partial charge in [0.2, 0.25) is 0 Å². The van der Waals surface area contributed by atoms with Gasteiger partial charge in [0.1, 0.15) is 5.82 Å². The van der Waals surface area contributed by atoms with Crippen molar-refractivity contribution in [2.24, 2.45) is 0 Å². The Morgan fingerprint density at radius 2 is 2.00 bits per heavy atom. The van der Waals surface area contributed by atoms with E-state index in [-0.39, 0.29) is 10.9 Å². The number of benzene rings is 2. The van der Waals surface area contributed by atoms with E-state index in [0.717, 1.165) is 18.5 Å². The second kappa shape index (κ2) is 7.20. The van der Waals surface area contributed by atoms with E-state index in [1.807, 2.05) is 25.2 Å². The van der Waals surface area contributed by atoms with Gasteiger partial charge in [0, 0.05) is 5.56 Å². The van der Waals surface area contributed by atoms with Crippen molar-refractivity contribution in [3.8, 4) is 0 Å². The number of hydrogen-bond donors (Lipinski definition) is 2. The molecule has 5 heteroatoms. The van der Waals surface area contributed by atoms with Crippen molar-refractivity contribution in [2.45, 2.75) is 6.42 Å². The van der Waals surface area contributed by atoms with Crippen LogP contribution in [0.1, 0.15) is 15.9 Å². The SMILES string of the molecule is CNCCc1ccccc1C(=O)Nc1ccc(F)cc1Cl. The van der Waals surface area contributed by atoms with E-state index in [9.17, 15) is 9.18 Å². The lowest BCUT2D eigenvalue weighted by molar-refractivity contribution is 0.102. The molecule has 2 rings (SSSR count). The molecule has 1 amide bonds. The highest BCUT2D eigenvalue weighted by Crippen LogP contribution is 2.23. The van der Waals surface area contributed by atoms with Gasteiger partial charge in [-0.3, -0.25) is 4.79 Å².